The summed E-state index contributed by atoms with van der Waals surface area (Å²) < 4.78 is 1.58. The molecule has 1 aliphatic carbocycles. The van der Waals surface area contributed by atoms with Crippen LogP contribution in [0.1, 0.15) is 49.4 Å². The van der Waals surface area contributed by atoms with Crippen LogP contribution in [0.25, 0.3) is 11.0 Å². The highest BCUT2D eigenvalue weighted by Gasteiger charge is 2.25. The molecule has 0 radical (unpaired) electrons. The topological polar surface area (TPSA) is 55.2 Å². The van der Waals surface area contributed by atoms with Crippen molar-refractivity contribution in [3.8, 4) is 0 Å². The van der Waals surface area contributed by atoms with Gasteiger partial charge in [0.25, 0.3) is 11.5 Å². The number of nitrogens with zero attached hydrogens (tertiary/aromatic N) is 3. The Balaban J connectivity index is 2.03. The number of hydrogen-bond donors (Lipinski definition) is 0. The van der Waals surface area contributed by atoms with Crippen molar-refractivity contribution < 1.29 is 4.79 Å². The van der Waals surface area contributed by atoms with Crippen molar-refractivity contribution in [2.45, 2.75) is 51.6 Å². The van der Waals surface area contributed by atoms with Crippen LogP contribution in [0.2, 0.25) is 0 Å². The van der Waals surface area contributed by atoms with Gasteiger partial charge in [-0.15, -0.1) is 0 Å². The van der Waals surface area contributed by atoms with E-state index in [2.05, 4.69) is 4.98 Å². The number of aryl methyl sites for hydroxylation is 1. The first-order chi connectivity index (χ1) is 11.1. The summed E-state index contributed by atoms with van der Waals surface area (Å²) in [6.45, 7) is 2.40. The third-order valence-corrected chi connectivity index (χ3v) is 4.84. The van der Waals surface area contributed by atoms with Gasteiger partial charge >= 0.3 is 0 Å². The Bertz CT molecular complexity index is 775. The highest BCUT2D eigenvalue weighted by molar-refractivity contribution is 5.97. The lowest BCUT2D eigenvalue weighted by atomic mass is 9.94. The number of aromatic nitrogens is 2. The van der Waals surface area contributed by atoms with Crippen molar-refractivity contribution in [1.29, 1.82) is 0 Å². The zero-order chi connectivity index (χ0) is 16.4. The first-order valence-corrected chi connectivity index (χ1v) is 8.39. The molecule has 5 heteroatoms. The van der Waals surface area contributed by atoms with Gasteiger partial charge in [-0.3, -0.25) is 14.2 Å². The molecule has 3 rings (SSSR count). The van der Waals surface area contributed by atoms with E-state index in [1.54, 1.807) is 21.7 Å². The molecule has 0 bridgehead atoms. The molecule has 0 aromatic carbocycles. The number of rotatable bonds is 3. The largest absolute Gasteiger partial charge is 0.339 e. The summed E-state index contributed by atoms with van der Waals surface area (Å²) in [7, 11) is 1.82. The second kappa shape index (κ2) is 6.52. The molecule has 1 aliphatic rings. The van der Waals surface area contributed by atoms with Crippen LogP contribution in [-0.4, -0.2) is 33.4 Å². The number of carbonyl (C=O) groups is 1. The van der Waals surface area contributed by atoms with Gasteiger partial charge < -0.3 is 4.90 Å². The second-order valence-corrected chi connectivity index (χ2v) is 6.23. The van der Waals surface area contributed by atoms with Gasteiger partial charge in [0.05, 0.1) is 0 Å². The highest BCUT2D eigenvalue weighted by atomic mass is 16.2. The monoisotopic (exact) mass is 313 g/mol. The quantitative estimate of drug-likeness (QED) is 0.875. The average molecular weight is 313 g/mol. The second-order valence-electron chi connectivity index (χ2n) is 6.23. The van der Waals surface area contributed by atoms with Crippen LogP contribution >= 0.6 is 0 Å². The standard InChI is InChI=1S/C18H23N3O2/c1-3-21-16-13(8-7-11-19-16)12-15(18(21)23)17(22)20(2)14-9-5-4-6-10-14/h7-8,11-12,14H,3-6,9-10H2,1-2H3. The third-order valence-electron chi connectivity index (χ3n) is 4.84. The number of hydrogen-bond acceptors (Lipinski definition) is 3. The summed E-state index contributed by atoms with van der Waals surface area (Å²) in [6.07, 6.45) is 7.28. The number of carbonyl (C=O) groups excluding carboxylic acids is 1. The van der Waals surface area contributed by atoms with E-state index in [0.717, 1.165) is 31.1 Å². The van der Waals surface area contributed by atoms with Crippen LogP contribution in [0.4, 0.5) is 0 Å². The van der Waals surface area contributed by atoms with E-state index in [1.165, 1.54) is 6.42 Å². The fourth-order valence-corrected chi connectivity index (χ4v) is 3.48. The Kier molecular flexibility index (Phi) is 4.46. The lowest BCUT2D eigenvalue weighted by Crippen LogP contribution is -2.41. The van der Waals surface area contributed by atoms with Gasteiger partial charge in [0.2, 0.25) is 0 Å². The molecule has 0 aliphatic heterocycles. The Hall–Kier alpha value is -2.17. The van der Waals surface area contributed by atoms with E-state index in [1.807, 2.05) is 26.1 Å². The summed E-state index contributed by atoms with van der Waals surface area (Å²) in [5.74, 6) is -0.171. The minimum atomic E-state index is -0.244. The van der Waals surface area contributed by atoms with Crippen molar-refractivity contribution in [2.75, 3.05) is 7.05 Å². The van der Waals surface area contributed by atoms with Crippen LogP contribution in [0, 0.1) is 0 Å². The number of amides is 1. The highest BCUT2D eigenvalue weighted by Crippen LogP contribution is 2.23. The first-order valence-electron chi connectivity index (χ1n) is 8.39. The maximum atomic E-state index is 12.9. The fraction of sp³-hybridized carbons (Fsp3) is 0.500. The van der Waals surface area contributed by atoms with Gasteiger partial charge in [-0.25, -0.2) is 4.98 Å². The molecule has 122 valence electrons. The van der Waals surface area contributed by atoms with E-state index >= 15 is 0 Å². The molecule has 0 atom stereocenters. The van der Waals surface area contributed by atoms with E-state index in [0.29, 0.717) is 12.2 Å². The average Bonchev–Trinajstić information content (AvgIpc) is 2.61. The molecule has 0 saturated heterocycles. The minimum absolute atomic E-state index is 0.171. The van der Waals surface area contributed by atoms with Crippen molar-refractivity contribution >= 4 is 16.9 Å². The third kappa shape index (κ3) is 2.87. The fourth-order valence-electron chi connectivity index (χ4n) is 3.48. The smallest absolute Gasteiger partial charge is 0.265 e. The number of fused-ring (bicyclic) bond motifs is 1. The SMILES string of the molecule is CCn1c(=O)c(C(=O)N(C)C2CCCCC2)cc2cccnc21. The minimum Gasteiger partial charge on any atom is -0.339 e. The van der Waals surface area contributed by atoms with Crippen molar-refractivity contribution in [3.63, 3.8) is 0 Å². The maximum Gasteiger partial charge on any atom is 0.265 e. The molecule has 0 spiro atoms. The molecule has 2 aromatic heterocycles. The van der Waals surface area contributed by atoms with Crippen LogP contribution in [-0.2, 0) is 6.54 Å². The zero-order valence-electron chi connectivity index (χ0n) is 13.8. The molecule has 0 N–H and O–H groups in total. The molecular formula is C18H23N3O2. The molecule has 1 amide bonds. The molecule has 5 nitrogen and oxygen atoms in total. The Morgan fingerprint density at radius 2 is 2.09 bits per heavy atom. The van der Waals surface area contributed by atoms with Crippen LogP contribution in [0.5, 0.6) is 0 Å². The Morgan fingerprint density at radius 3 is 2.78 bits per heavy atom. The molecule has 1 fully saturated rings. The zero-order valence-corrected chi connectivity index (χ0v) is 13.8. The van der Waals surface area contributed by atoms with Crippen molar-refractivity contribution in [1.82, 2.24) is 14.5 Å². The lowest BCUT2D eigenvalue weighted by molar-refractivity contribution is 0.0694. The van der Waals surface area contributed by atoms with Gasteiger partial charge in [0, 0.05) is 31.2 Å². The van der Waals surface area contributed by atoms with E-state index < -0.39 is 0 Å². The molecule has 2 heterocycles. The molecule has 23 heavy (non-hydrogen) atoms. The normalized spacial score (nSPS) is 15.7. The summed E-state index contributed by atoms with van der Waals surface area (Å²) in [5.41, 5.74) is 0.642. The van der Waals surface area contributed by atoms with Crippen LogP contribution < -0.4 is 5.56 Å². The lowest BCUT2D eigenvalue weighted by Gasteiger charge is -2.31. The van der Waals surface area contributed by atoms with E-state index in [4.69, 9.17) is 0 Å². The van der Waals surface area contributed by atoms with Crippen LogP contribution in [0.15, 0.2) is 29.2 Å². The molecule has 1 saturated carbocycles. The van der Waals surface area contributed by atoms with E-state index in [-0.39, 0.29) is 23.1 Å². The van der Waals surface area contributed by atoms with Gasteiger partial charge in [0.15, 0.2) is 0 Å². The Labute approximate surface area is 135 Å². The maximum absolute atomic E-state index is 12.9. The van der Waals surface area contributed by atoms with Crippen LogP contribution in [0.3, 0.4) is 0 Å². The predicted molar refractivity (Wildman–Crippen MR) is 90.6 cm³/mol. The van der Waals surface area contributed by atoms with Gasteiger partial charge in [-0.05, 0) is 38.0 Å². The van der Waals surface area contributed by atoms with Gasteiger partial charge in [-0.1, -0.05) is 19.3 Å². The van der Waals surface area contributed by atoms with E-state index in [9.17, 15) is 9.59 Å². The summed E-state index contributed by atoms with van der Waals surface area (Å²) in [6, 6.07) is 5.66. The predicted octanol–water partition coefficient (Wildman–Crippen LogP) is 2.82. The van der Waals surface area contributed by atoms with Gasteiger partial charge in [0.1, 0.15) is 11.2 Å². The first kappa shape index (κ1) is 15.7. The van der Waals surface area contributed by atoms with Gasteiger partial charge in [-0.2, -0.15) is 0 Å². The molecule has 0 unspecified atom stereocenters. The molecular weight excluding hydrogens is 290 g/mol. The molecule has 2 aromatic rings. The summed E-state index contributed by atoms with van der Waals surface area (Å²) >= 11 is 0. The van der Waals surface area contributed by atoms with Crippen molar-refractivity contribution in [2.24, 2.45) is 0 Å². The van der Waals surface area contributed by atoms with Crippen molar-refractivity contribution in [3.05, 3.63) is 40.3 Å². The Morgan fingerprint density at radius 1 is 1.35 bits per heavy atom. The summed E-state index contributed by atoms with van der Waals surface area (Å²) in [5, 5.41) is 0.828. The number of pyridine rings is 2. The summed E-state index contributed by atoms with van der Waals surface area (Å²) in [4.78, 5) is 31.6.